The summed E-state index contributed by atoms with van der Waals surface area (Å²) in [5, 5.41) is 0. The van der Waals surface area contributed by atoms with E-state index >= 15 is 0 Å². The molecule has 1 heterocycles. The van der Waals surface area contributed by atoms with Gasteiger partial charge in [-0.2, -0.15) is 0 Å². The van der Waals surface area contributed by atoms with Crippen LogP contribution in [0.5, 0.6) is 0 Å². The van der Waals surface area contributed by atoms with Gasteiger partial charge >= 0.3 is 0 Å². The molecular weight excluding hydrogens is 448 g/mol. The second-order valence-corrected chi connectivity index (χ2v) is 10.6. The standard InChI is InChI=1S/C27H28N2O4S/c1-20-14-16-24(17-15-20)34(31,32)29(19-22-10-6-4-7-11-22)26-25(23-12-8-5-9-13-23)33-27(3,28-26)18-21(2)30/h4-17,25H,18-19H2,1-3H3/t25-,27-/m1/s1. The molecule has 1 aliphatic rings. The van der Waals surface area contributed by atoms with E-state index in [1.54, 1.807) is 31.2 Å². The summed E-state index contributed by atoms with van der Waals surface area (Å²) in [5.74, 6) is 0.176. The highest BCUT2D eigenvalue weighted by Crippen LogP contribution is 2.39. The number of nitrogens with zero attached hydrogens (tertiary/aromatic N) is 2. The number of aliphatic imine (C=N–C) groups is 1. The van der Waals surface area contributed by atoms with Crippen LogP contribution in [0.15, 0.2) is 94.8 Å². The number of carbonyl (C=O) groups is 1. The van der Waals surface area contributed by atoms with Crippen molar-refractivity contribution >= 4 is 21.6 Å². The van der Waals surface area contributed by atoms with Gasteiger partial charge < -0.3 is 4.74 Å². The Morgan fingerprint density at radius 1 is 0.971 bits per heavy atom. The Labute approximate surface area is 201 Å². The Bertz CT molecular complexity index is 1290. The number of ketones is 1. The molecule has 0 amide bonds. The molecule has 0 fully saturated rings. The number of rotatable bonds is 7. The molecule has 0 spiro atoms. The Balaban J connectivity index is 1.87. The minimum absolute atomic E-state index is 0.0452. The zero-order valence-electron chi connectivity index (χ0n) is 19.5. The fraction of sp³-hybridized carbons (Fsp3) is 0.259. The van der Waals surface area contributed by atoms with Crippen molar-refractivity contribution in [3.63, 3.8) is 0 Å². The van der Waals surface area contributed by atoms with E-state index in [2.05, 4.69) is 0 Å². The summed E-state index contributed by atoms with van der Waals surface area (Å²) in [4.78, 5) is 16.9. The molecule has 6 nitrogen and oxygen atoms in total. The molecular formula is C27H28N2O4S. The van der Waals surface area contributed by atoms with Crippen LogP contribution in [0.1, 0.15) is 43.1 Å². The summed E-state index contributed by atoms with van der Waals surface area (Å²) in [6.07, 6.45) is -0.696. The molecule has 0 aliphatic carbocycles. The van der Waals surface area contributed by atoms with Gasteiger partial charge in [-0.05, 0) is 44.0 Å². The van der Waals surface area contributed by atoms with Crippen LogP contribution in [-0.4, -0.2) is 30.1 Å². The molecule has 0 N–H and O–H groups in total. The molecule has 0 saturated carbocycles. The highest BCUT2D eigenvalue weighted by atomic mass is 32.2. The van der Waals surface area contributed by atoms with Crippen molar-refractivity contribution in [1.82, 2.24) is 4.31 Å². The maximum Gasteiger partial charge on any atom is 0.265 e. The second kappa shape index (κ2) is 9.52. The van der Waals surface area contributed by atoms with Crippen molar-refractivity contribution in [2.75, 3.05) is 0 Å². The Morgan fingerprint density at radius 3 is 2.15 bits per heavy atom. The molecule has 34 heavy (non-hydrogen) atoms. The molecule has 0 aromatic heterocycles. The van der Waals surface area contributed by atoms with E-state index in [9.17, 15) is 13.2 Å². The summed E-state index contributed by atoms with van der Waals surface area (Å²) < 4.78 is 35.5. The van der Waals surface area contributed by atoms with E-state index in [0.29, 0.717) is 0 Å². The minimum atomic E-state index is -3.98. The van der Waals surface area contributed by atoms with Gasteiger partial charge in [0.25, 0.3) is 10.0 Å². The average Bonchev–Trinajstić information content (AvgIpc) is 3.15. The zero-order valence-corrected chi connectivity index (χ0v) is 20.3. The van der Waals surface area contributed by atoms with Crippen molar-refractivity contribution < 1.29 is 17.9 Å². The normalized spacial score (nSPS) is 20.1. The predicted octanol–water partition coefficient (Wildman–Crippen LogP) is 5.05. The lowest BCUT2D eigenvalue weighted by molar-refractivity contribution is -0.124. The highest BCUT2D eigenvalue weighted by Gasteiger charge is 2.45. The van der Waals surface area contributed by atoms with Crippen LogP contribution in [0.4, 0.5) is 0 Å². The lowest BCUT2D eigenvalue weighted by atomic mass is 10.1. The first-order valence-electron chi connectivity index (χ1n) is 11.1. The van der Waals surface area contributed by atoms with Gasteiger partial charge in [-0.1, -0.05) is 78.4 Å². The third-order valence-corrected chi connectivity index (χ3v) is 7.43. The van der Waals surface area contributed by atoms with Crippen molar-refractivity contribution in [3.8, 4) is 0 Å². The predicted molar refractivity (Wildman–Crippen MR) is 132 cm³/mol. The summed E-state index contributed by atoms with van der Waals surface area (Å²) in [7, 11) is -3.98. The molecule has 7 heteroatoms. The van der Waals surface area contributed by atoms with Crippen molar-refractivity contribution in [1.29, 1.82) is 0 Å². The maximum atomic E-state index is 14.0. The number of hydrogen-bond acceptors (Lipinski definition) is 5. The van der Waals surface area contributed by atoms with E-state index in [1.165, 1.54) is 11.2 Å². The summed E-state index contributed by atoms with van der Waals surface area (Å²) in [5.41, 5.74) is 1.38. The third kappa shape index (κ3) is 5.11. The van der Waals surface area contributed by atoms with Crippen molar-refractivity contribution in [3.05, 3.63) is 102 Å². The number of ether oxygens (including phenoxy) is 1. The molecule has 0 bridgehead atoms. The van der Waals surface area contributed by atoms with Gasteiger partial charge in [0.15, 0.2) is 11.6 Å². The van der Waals surface area contributed by atoms with Crippen LogP contribution >= 0.6 is 0 Å². The number of Topliss-reactive ketones (excluding diaryl/α,β-unsaturated/α-hetero) is 1. The first-order chi connectivity index (χ1) is 16.2. The number of hydrogen-bond donors (Lipinski definition) is 0. The molecule has 4 rings (SSSR count). The number of sulfonamides is 1. The highest BCUT2D eigenvalue weighted by molar-refractivity contribution is 7.89. The van der Waals surface area contributed by atoms with Crippen LogP contribution in [0, 0.1) is 6.92 Å². The van der Waals surface area contributed by atoms with E-state index in [-0.39, 0.29) is 29.5 Å². The van der Waals surface area contributed by atoms with Crippen LogP contribution in [0.2, 0.25) is 0 Å². The maximum absolute atomic E-state index is 14.0. The molecule has 3 aromatic rings. The van der Waals surface area contributed by atoms with Gasteiger partial charge in [0, 0.05) is 0 Å². The molecule has 0 radical (unpaired) electrons. The van der Waals surface area contributed by atoms with Gasteiger partial charge in [-0.3, -0.25) is 4.79 Å². The van der Waals surface area contributed by atoms with Crippen LogP contribution in [-0.2, 0) is 26.1 Å². The van der Waals surface area contributed by atoms with Crippen molar-refractivity contribution in [2.45, 2.75) is 50.5 Å². The topological polar surface area (TPSA) is 76.0 Å². The summed E-state index contributed by atoms with van der Waals surface area (Å²) in [6.45, 7) is 5.19. The van der Waals surface area contributed by atoms with Gasteiger partial charge in [0.1, 0.15) is 11.9 Å². The third-order valence-electron chi connectivity index (χ3n) is 5.67. The van der Waals surface area contributed by atoms with Gasteiger partial charge in [-0.15, -0.1) is 0 Å². The molecule has 0 saturated heterocycles. The van der Waals surface area contributed by atoms with Crippen LogP contribution in [0.3, 0.4) is 0 Å². The number of benzene rings is 3. The number of amidine groups is 1. The smallest absolute Gasteiger partial charge is 0.265 e. The summed E-state index contributed by atoms with van der Waals surface area (Å²) >= 11 is 0. The number of aryl methyl sites for hydroxylation is 1. The summed E-state index contributed by atoms with van der Waals surface area (Å²) in [6, 6.07) is 25.5. The average molecular weight is 477 g/mol. The van der Waals surface area contributed by atoms with Crippen LogP contribution in [0.25, 0.3) is 0 Å². The molecule has 3 aromatic carbocycles. The van der Waals surface area contributed by atoms with E-state index in [4.69, 9.17) is 9.73 Å². The van der Waals surface area contributed by atoms with Gasteiger partial charge in [0.2, 0.25) is 0 Å². The lowest BCUT2D eigenvalue weighted by Crippen LogP contribution is -2.38. The van der Waals surface area contributed by atoms with Crippen LogP contribution < -0.4 is 0 Å². The fourth-order valence-corrected chi connectivity index (χ4v) is 5.52. The molecule has 2 atom stereocenters. The Kier molecular flexibility index (Phi) is 6.68. The zero-order chi connectivity index (χ0) is 24.3. The molecule has 176 valence electrons. The monoisotopic (exact) mass is 476 g/mol. The van der Waals surface area contributed by atoms with Gasteiger partial charge in [-0.25, -0.2) is 17.7 Å². The SMILES string of the molecule is CC(=O)C[C@]1(C)N=C(N(Cc2ccccc2)S(=O)(=O)c2ccc(C)cc2)[C@@H](c2ccccc2)O1. The minimum Gasteiger partial charge on any atom is -0.338 e. The largest absolute Gasteiger partial charge is 0.338 e. The second-order valence-electron chi connectivity index (χ2n) is 8.74. The quantitative estimate of drug-likeness (QED) is 0.478. The Hall–Kier alpha value is -3.29. The van der Waals surface area contributed by atoms with E-state index in [1.807, 2.05) is 67.6 Å². The fourth-order valence-electron chi connectivity index (χ4n) is 4.08. The molecule has 0 unspecified atom stereocenters. The van der Waals surface area contributed by atoms with E-state index < -0.39 is 21.9 Å². The molecule has 1 aliphatic heterocycles. The Morgan fingerprint density at radius 2 is 1.56 bits per heavy atom. The van der Waals surface area contributed by atoms with Crippen molar-refractivity contribution in [2.24, 2.45) is 4.99 Å². The van der Waals surface area contributed by atoms with Gasteiger partial charge in [0.05, 0.1) is 17.9 Å². The first-order valence-corrected chi connectivity index (χ1v) is 12.6. The lowest BCUT2D eigenvalue weighted by Gasteiger charge is -2.27. The number of carbonyl (C=O) groups excluding carboxylic acids is 1. The first kappa shape index (κ1) is 23.9. The van der Waals surface area contributed by atoms with E-state index in [0.717, 1.165) is 16.7 Å².